The van der Waals surface area contributed by atoms with Gasteiger partial charge >= 0.3 is 52.3 Å². The number of carbonyl (C=O) groups is 1. The van der Waals surface area contributed by atoms with Crippen LogP contribution in [0.1, 0.15) is 5.71 Å². The fourth-order valence-electron chi connectivity index (χ4n) is 0. The topological polar surface area (TPSA) is 89.0 Å². The van der Waals surface area contributed by atoms with Gasteiger partial charge in [-0.25, -0.2) is 4.79 Å². The third-order valence-corrected chi connectivity index (χ3v) is 0. The van der Waals surface area contributed by atoms with E-state index in [2.05, 4.69) is 0 Å². The molecule has 0 fully saturated rings. The third-order valence-electron chi connectivity index (χ3n) is 0. The van der Waals surface area contributed by atoms with Crippen molar-refractivity contribution < 1.29 is 26.2 Å². The van der Waals surface area contributed by atoms with Gasteiger partial charge < -0.3 is 21.4 Å². The molecule has 0 unspecified atom stereocenters. The molecule has 0 atom stereocenters. The van der Waals surface area contributed by atoms with Crippen LogP contribution in [0, 0.1) is 0 Å². The van der Waals surface area contributed by atoms with Crippen LogP contribution in [0.3, 0.4) is 0 Å². The number of rotatable bonds is 0. The van der Waals surface area contributed by atoms with E-state index in [0.29, 0.717) is 0 Å². The second-order valence-corrected chi connectivity index (χ2v) is 0.283. The summed E-state index contributed by atoms with van der Waals surface area (Å²) in [4.78, 5) is 8.56. The molecular weight excluding hydrogens is 125 g/mol. The Morgan fingerprint density at radius 1 is 1.29 bits per heavy atom. The largest absolute Gasteiger partial charge is 2.00 e. The van der Waals surface area contributed by atoms with Crippen molar-refractivity contribution >= 4 is 52.3 Å². The molecule has 0 heterocycles. The van der Waals surface area contributed by atoms with Crippen LogP contribution in [0.15, 0.2) is 0 Å². The fraction of sp³-hybridized carbons (Fsp3) is 0. The van der Waals surface area contributed by atoms with Crippen molar-refractivity contribution in [2.24, 2.45) is 0 Å². The standard InChI is InChI=1S/CH2O3.2Mg.H2O.4H/c2-1(3)4;;;;;;;/h(H2,2,3,4);;;1H2;;;;/q;2*+2;;4*-1. The Morgan fingerprint density at radius 2 is 1.29 bits per heavy atom. The predicted octanol–water partition coefficient (Wildman–Crippen LogP) is -0.914. The van der Waals surface area contributed by atoms with Gasteiger partial charge in [-0.2, -0.15) is 0 Å². The van der Waals surface area contributed by atoms with Crippen molar-refractivity contribution in [1.29, 1.82) is 0 Å². The minimum atomic E-state index is -1.83. The summed E-state index contributed by atoms with van der Waals surface area (Å²) in [5.41, 5.74) is 0. The van der Waals surface area contributed by atoms with E-state index < -0.39 is 6.16 Å². The molecule has 4 nitrogen and oxygen atoms in total. The van der Waals surface area contributed by atoms with Crippen LogP contribution < -0.4 is 0 Å². The van der Waals surface area contributed by atoms with E-state index in [0.717, 1.165) is 0 Å². The zero-order valence-electron chi connectivity index (χ0n) is 7.72. The summed E-state index contributed by atoms with van der Waals surface area (Å²) >= 11 is 0. The van der Waals surface area contributed by atoms with Crippen molar-refractivity contribution in [2.45, 2.75) is 0 Å². The van der Waals surface area contributed by atoms with Crippen molar-refractivity contribution in [1.82, 2.24) is 0 Å². The van der Waals surface area contributed by atoms with Gasteiger partial charge in [-0.15, -0.1) is 0 Å². The average Bonchev–Trinajstić information content (AvgIpc) is 0.811. The minimum Gasteiger partial charge on any atom is -1.00 e. The van der Waals surface area contributed by atoms with Gasteiger partial charge in [-0.05, 0) is 0 Å². The molecule has 6 heteroatoms. The summed E-state index contributed by atoms with van der Waals surface area (Å²) in [7, 11) is 0. The molecule has 40 valence electrons. The van der Waals surface area contributed by atoms with Crippen LogP contribution in [-0.2, 0) is 0 Å². The Hall–Kier alpha value is 0.762. The molecule has 0 saturated carbocycles. The maximum atomic E-state index is 8.56. The molecule has 0 saturated heterocycles. The van der Waals surface area contributed by atoms with Gasteiger partial charge in [0.2, 0.25) is 0 Å². The van der Waals surface area contributed by atoms with Crippen LogP contribution in [0.5, 0.6) is 0 Å². The summed E-state index contributed by atoms with van der Waals surface area (Å²) < 4.78 is 0. The molecule has 0 aromatic carbocycles. The number of hydrogen-bond donors (Lipinski definition) is 2. The zero-order valence-corrected chi connectivity index (χ0v) is 6.55. The van der Waals surface area contributed by atoms with Crippen LogP contribution in [0.25, 0.3) is 0 Å². The summed E-state index contributed by atoms with van der Waals surface area (Å²) in [6.07, 6.45) is -1.83. The van der Waals surface area contributed by atoms with Gasteiger partial charge in [0.1, 0.15) is 0 Å². The monoisotopic (exact) mass is 132 g/mol. The van der Waals surface area contributed by atoms with E-state index in [-0.39, 0.29) is 57.3 Å². The molecule has 0 bridgehead atoms. The summed E-state index contributed by atoms with van der Waals surface area (Å²) in [5.74, 6) is 0. The van der Waals surface area contributed by atoms with E-state index in [1.54, 1.807) is 0 Å². The quantitative estimate of drug-likeness (QED) is 0.418. The summed E-state index contributed by atoms with van der Waals surface area (Å²) in [6.45, 7) is 0. The van der Waals surface area contributed by atoms with Gasteiger partial charge in [0.05, 0.1) is 0 Å². The Bertz CT molecular complexity index is 43.1. The van der Waals surface area contributed by atoms with E-state index in [1.165, 1.54) is 0 Å². The Balaban J connectivity index is -0.00000000214. The van der Waals surface area contributed by atoms with Gasteiger partial charge in [-0.1, -0.05) is 0 Å². The molecule has 0 spiro atoms. The fourth-order valence-corrected chi connectivity index (χ4v) is 0. The van der Waals surface area contributed by atoms with Gasteiger partial charge in [0, 0.05) is 0 Å². The first-order valence-electron chi connectivity index (χ1n) is 0.651. The first kappa shape index (κ1) is 25.1. The van der Waals surface area contributed by atoms with Crippen LogP contribution in [0.4, 0.5) is 4.79 Å². The van der Waals surface area contributed by atoms with Gasteiger partial charge in [0.25, 0.3) is 0 Å². The SMILES string of the molecule is O.O=C(O)O.[H-].[H-].[H-].[H-].[Mg+2].[Mg+2]. The molecule has 4 N–H and O–H groups in total. The molecule has 0 aliphatic carbocycles. The van der Waals surface area contributed by atoms with E-state index in [4.69, 9.17) is 15.0 Å². The second-order valence-electron chi connectivity index (χ2n) is 0.283. The summed E-state index contributed by atoms with van der Waals surface area (Å²) in [5, 5.41) is 13.9. The molecule has 0 aliphatic heterocycles. The van der Waals surface area contributed by atoms with Gasteiger partial charge in [0.15, 0.2) is 0 Å². The average molecular weight is 133 g/mol. The first-order chi connectivity index (χ1) is 1.73. The van der Waals surface area contributed by atoms with Crippen LogP contribution in [0.2, 0.25) is 0 Å². The minimum absolute atomic E-state index is 0. The third kappa shape index (κ3) is 264. The predicted molar refractivity (Wildman–Crippen MR) is 30.2 cm³/mol. The normalized spacial score (nSPS) is 3.43. The number of carboxylic acid groups (broad SMARTS) is 2. The van der Waals surface area contributed by atoms with Crippen molar-refractivity contribution in [3.63, 3.8) is 0 Å². The van der Waals surface area contributed by atoms with Gasteiger partial charge in [-0.3, -0.25) is 0 Å². The maximum absolute atomic E-state index is 8.56. The second kappa shape index (κ2) is 15.9. The van der Waals surface area contributed by atoms with Crippen molar-refractivity contribution in [3.8, 4) is 0 Å². The zero-order chi connectivity index (χ0) is 3.58. The van der Waals surface area contributed by atoms with Crippen LogP contribution >= 0.6 is 0 Å². The molecular formula is CH8Mg2O4. The molecule has 0 amide bonds. The first-order valence-corrected chi connectivity index (χ1v) is 0.651. The molecule has 0 aromatic heterocycles. The maximum Gasteiger partial charge on any atom is 2.00 e. The molecule has 0 aliphatic rings. The van der Waals surface area contributed by atoms with Crippen molar-refractivity contribution in [2.75, 3.05) is 0 Å². The van der Waals surface area contributed by atoms with E-state index in [1.807, 2.05) is 0 Å². The Labute approximate surface area is 78.4 Å². The Kier molecular flexibility index (Phi) is 56.8. The molecule has 0 aromatic rings. The molecule has 0 rings (SSSR count). The summed E-state index contributed by atoms with van der Waals surface area (Å²) in [6, 6.07) is 0. The molecule has 0 radical (unpaired) electrons. The number of hydrogen-bond acceptors (Lipinski definition) is 1. The smallest absolute Gasteiger partial charge is 1.00 e. The van der Waals surface area contributed by atoms with E-state index >= 15 is 0 Å². The molecule has 7 heavy (non-hydrogen) atoms. The van der Waals surface area contributed by atoms with Crippen molar-refractivity contribution in [3.05, 3.63) is 0 Å². The van der Waals surface area contributed by atoms with E-state index in [9.17, 15) is 0 Å². The van der Waals surface area contributed by atoms with Crippen LogP contribution in [-0.4, -0.2) is 68.0 Å². The Morgan fingerprint density at radius 3 is 1.29 bits per heavy atom.